The minimum Gasteiger partial charge on any atom is -0.329 e. The summed E-state index contributed by atoms with van der Waals surface area (Å²) in [6, 6.07) is 15.5. The summed E-state index contributed by atoms with van der Waals surface area (Å²) >= 11 is 1.87. The molecule has 0 radical (unpaired) electrons. The van der Waals surface area contributed by atoms with Crippen molar-refractivity contribution in [2.45, 2.75) is 45.2 Å². The van der Waals surface area contributed by atoms with E-state index in [0.29, 0.717) is 12.6 Å². The summed E-state index contributed by atoms with van der Waals surface area (Å²) < 4.78 is 0. The van der Waals surface area contributed by atoms with Crippen molar-refractivity contribution in [3.8, 4) is 0 Å². The van der Waals surface area contributed by atoms with E-state index in [9.17, 15) is 0 Å². The van der Waals surface area contributed by atoms with Gasteiger partial charge in [0.1, 0.15) is 0 Å². The molecule has 3 heteroatoms. The number of nitrogens with one attached hydrogen (secondary N) is 1. The Morgan fingerprint density at radius 3 is 2.29 bits per heavy atom. The molecule has 2 unspecified atom stereocenters. The highest BCUT2D eigenvalue weighted by molar-refractivity contribution is 7.12. The van der Waals surface area contributed by atoms with Gasteiger partial charge in [0.05, 0.1) is 6.04 Å². The third-order valence-electron chi connectivity index (χ3n) is 3.70. The van der Waals surface area contributed by atoms with E-state index in [2.05, 4.69) is 69.4 Å². The Bertz CT molecular complexity index is 554. The molecule has 2 atom stereocenters. The molecule has 21 heavy (non-hydrogen) atoms. The van der Waals surface area contributed by atoms with Gasteiger partial charge in [0.2, 0.25) is 0 Å². The van der Waals surface area contributed by atoms with Crippen LogP contribution >= 0.6 is 11.3 Å². The van der Waals surface area contributed by atoms with Gasteiger partial charge in [0, 0.05) is 22.3 Å². The van der Waals surface area contributed by atoms with Gasteiger partial charge in [-0.3, -0.25) is 0 Å². The number of benzene rings is 1. The smallest absolute Gasteiger partial charge is 0.0544 e. The van der Waals surface area contributed by atoms with E-state index in [4.69, 9.17) is 5.73 Å². The first kappa shape index (κ1) is 16.2. The van der Waals surface area contributed by atoms with Gasteiger partial charge < -0.3 is 11.1 Å². The van der Waals surface area contributed by atoms with Crippen LogP contribution in [0.2, 0.25) is 0 Å². The maximum atomic E-state index is 5.99. The van der Waals surface area contributed by atoms with Crippen LogP contribution in [0, 0.1) is 0 Å². The second kappa shape index (κ2) is 6.73. The molecule has 3 N–H and O–H groups in total. The lowest BCUT2D eigenvalue weighted by Crippen LogP contribution is -2.29. The van der Waals surface area contributed by atoms with Crippen LogP contribution < -0.4 is 11.1 Å². The molecular weight excluding hydrogens is 276 g/mol. The highest BCUT2D eigenvalue weighted by Crippen LogP contribution is 2.32. The van der Waals surface area contributed by atoms with E-state index < -0.39 is 0 Å². The van der Waals surface area contributed by atoms with Crippen molar-refractivity contribution in [3.63, 3.8) is 0 Å². The zero-order chi connectivity index (χ0) is 15.5. The lowest BCUT2D eigenvalue weighted by atomic mass is 9.95. The molecule has 2 aromatic rings. The SMILES string of the molecule is CC(NC(CN)c1ccc(C(C)(C)C)s1)c1ccccc1. The molecule has 2 nitrogen and oxygen atoms in total. The van der Waals surface area contributed by atoms with E-state index >= 15 is 0 Å². The first-order valence-electron chi connectivity index (χ1n) is 7.53. The number of hydrogen-bond acceptors (Lipinski definition) is 3. The predicted molar refractivity (Wildman–Crippen MR) is 92.8 cm³/mol. The summed E-state index contributed by atoms with van der Waals surface area (Å²) in [6.45, 7) is 9.55. The third kappa shape index (κ3) is 4.16. The van der Waals surface area contributed by atoms with Gasteiger partial charge in [-0.15, -0.1) is 11.3 Å². The minimum atomic E-state index is 0.201. The van der Waals surface area contributed by atoms with E-state index in [-0.39, 0.29) is 11.5 Å². The molecule has 0 fully saturated rings. The molecule has 2 rings (SSSR count). The van der Waals surface area contributed by atoms with Crippen LogP contribution in [0.3, 0.4) is 0 Å². The van der Waals surface area contributed by atoms with Crippen LogP contribution in [0.25, 0.3) is 0 Å². The Kier molecular flexibility index (Phi) is 5.20. The van der Waals surface area contributed by atoms with Gasteiger partial charge in [-0.1, -0.05) is 51.1 Å². The normalized spacial score (nSPS) is 14.9. The summed E-state index contributed by atoms with van der Waals surface area (Å²) in [4.78, 5) is 2.73. The standard InChI is InChI=1S/C18H26N2S/c1-13(14-8-6-5-7-9-14)20-15(12-19)16-10-11-17(21-16)18(2,3)4/h5-11,13,15,20H,12,19H2,1-4H3. The molecule has 0 spiro atoms. The van der Waals surface area contributed by atoms with Crippen molar-refractivity contribution >= 4 is 11.3 Å². The third-order valence-corrected chi connectivity index (χ3v) is 5.32. The van der Waals surface area contributed by atoms with Crippen LogP contribution in [-0.2, 0) is 5.41 Å². The monoisotopic (exact) mass is 302 g/mol. The zero-order valence-corrected chi connectivity index (χ0v) is 14.2. The molecule has 1 aromatic carbocycles. The van der Waals surface area contributed by atoms with Crippen LogP contribution in [0.4, 0.5) is 0 Å². The topological polar surface area (TPSA) is 38.0 Å². The van der Waals surface area contributed by atoms with Crippen molar-refractivity contribution in [1.29, 1.82) is 0 Å². The first-order chi connectivity index (χ1) is 9.91. The Morgan fingerprint density at radius 2 is 1.76 bits per heavy atom. The van der Waals surface area contributed by atoms with E-state index in [1.807, 2.05) is 17.4 Å². The van der Waals surface area contributed by atoms with Crippen molar-refractivity contribution in [2.75, 3.05) is 6.54 Å². The number of nitrogens with two attached hydrogens (primary N) is 1. The van der Waals surface area contributed by atoms with Crippen molar-refractivity contribution in [2.24, 2.45) is 5.73 Å². The van der Waals surface area contributed by atoms with Crippen molar-refractivity contribution in [3.05, 3.63) is 57.8 Å². The number of thiophene rings is 1. The number of hydrogen-bond donors (Lipinski definition) is 2. The molecular formula is C18H26N2S. The van der Waals surface area contributed by atoms with Gasteiger partial charge in [-0.25, -0.2) is 0 Å². The first-order valence-corrected chi connectivity index (χ1v) is 8.34. The van der Waals surface area contributed by atoms with E-state index in [0.717, 1.165) is 0 Å². The fraction of sp³-hybridized carbons (Fsp3) is 0.444. The fourth-order valence-electron chi connectivity index (χ4n) is 2.35. The second-order valence-electron chi connectivity index (χ2n) is 6.54. The Hall–Kier alpha value is -1.16. The Labute approximate surface area is 132 Å². The predicted octanol–water partition coefficient (Wildman–Crippen LogP) is 4.40. The summed E-state index contributed by atoms with van der Waals surface area (Å²) in [7, 11) is 0. The minimum absolute atomic E-state index is 0.201. The maximum Gasteiger partial charge on any atom is 0.0544 e. The highest BCUT2D eigenvalue weighted by atomic mass is 32.1. The molecule has 0 amide bonds. The Balaban J connectivity index is 2.11. The van der Waals surface area contributed by atoms with Crippen LogP contribution in [0.1, 0.15) is 55.1 Å². The van der Waals surface area contributed by atoms with Crippen LogP contribution in [0.5, 0.6) is 0 Å². The fourth-order valence-corrected chi connectivity index (χ4v) is 3.49. The van der Waals surface area contributed by atoms with Gasteiger partial charge in [-0.2, -0.15) is 0 Å². The zero-order valence-electron chi connectivity index (χ0n) is 13.4. The largest absolute Gasteiger partial charge is 0.329 e. The van der Waals surface area contributed by atoms with E-state index in [1.54, 1.807) is 0 Å². The second-order valence-corrected chi connectivity index (χ2v) is 7.65. The lowest BCUT2D eigenvalue weighted by Gasteiger charge is -2.22. The lowest BCUT2D eigenvalue weighted by molar-refractivity contribution is 0.478. The van der Waals surface area contributed by atoms with Crippen molar-refractivity contribution in [1.82, 2.24) is 5.32 Å². The molecule has 0 aliphatic heterocycles. The van der Waals surface area contributed by atoms with Gasteiger partial charge in [0.25, 0.3) is 0 Å². The van der Waals surface area contributed by atoms with Gasteiger partial charge >= 0.3 is 0 Å². The maximum absolute atomic E-state index is 5.99. The molecule has 0 bridgehead atoms. The quantitative estimate of drug-likeness (QED) is 0.859. The number of rotatable bonds is 5. The van der Waals surface area contributed by atoms with E-state index in [1.165, 1.54) is 15.3 Å². The average Bonchev–Trinajstić information content (AvgIpc) is 2.95. The summed E-state index contributed by atoms with van der Waals surface area (Å²) in [5, 5.41) is 3.65. The average molecular weight is 302 g/mol. The van der Waals surface area contributed by atoms with Crippen LogP contribution in [-0.4, -0.2) is 6.54 Å². The molecule has 1 heterocycles. The molecule has 1 aromatic heterocycles. The highest BCUT2D eigenvalue weighted by Gasteiger charge is 2.20. The molecule has 0 saturated carbocycles. The summed E-state index contributed by atoms with van der Waals surface area (Å²) in [5.74, 6) is 0. The molecule has 114 valence electrons. The van der Waals surface area contributed by atoms with Crippen LogP contribution in [0.15, 0.2) is 42.5 Å². The van der Waals surface area contributed by atoms with Gasteiger partial charge in [-0.05, 0) is 30.0 Å². The summed E-state index contributed by atoms with van der Waals surface area (Å²) in [6.07, 6.45) is 0. The van der Waals surface area contributed by atoms with Gasteiger partial charge in [0.15, 0.2) is 0 Å². The van der Waals surface area contributed by atoms with Crippen molar-refractivity contribution < 1.29 is 0 Å². The molecule has 0 aliphatic carbocycles. The molecule has 0 saturated heterocycles. The summed E-state index contributed by atoms with van der Waals surface area (Å²) in [5.41, 5.74) is 7.49. The Morgan fingerprint density at radius 1 is 1.10 bits per heavy atom. The molecule has 0 aliphatic rings.